The topological polar surface area (TPSA) is 111 Å². The van der Waals surface area contributed by atoms with Crippen molar-refractivity contribution in [2.75, 3.05) is 0 Å². The lowest BCUT2D eigenvalue weighted by atomic mass is 10.1. The molecule has 0 aliphatic heterocycles. The molecule has 41 heavy (non-hydrogen) atoms. The van der Waals surface area contributed by atoms with Gasteiger partial charge in [0.25, 0.3) is 10.9 Å². The Morgan fingerprint density at radius 3 is 2.15 bits per heavy atom. The number of hydrogen-bond acceptors (Lipinski definition) is 6. The molecule has 6 aromatic rings. The number of thioether (sulfide) groups is 1. The molecule has 0 radical (unpaired) electrons. The molecule has 2 heterocycles. The molecular weight excluding hydrogens is 538 g/mol. The fraction of sp³-hybridized carbons (Fsp3) is 0. The highest BCUT2D eigenvalue weighted by molar-refractivity contribution is 8.03. The lowest BCUT2D eigenvalue weighted by Crippen LogP contribution is -2.01. The van der Waals surface area contributed by atoms with Crippen molar-refractivity contribution in [3.8, 4) is 28.2 Å². The van der Waals surface area contributed by atoms with Crippen LogP contribution in [0.1, 0.15) is 5.56 Å². The van der Waals surface area contributed by atoms with Crippen LogP contribution in [-0.2, 0) is 4.79 Å². The van der Waals surface area contributed by atoms with Crippen LogP contribution in [-0.4, -0.2) is 25.6 Å². The van der Waals surface area contributed by atoms with Crippen molar-refractivity contribution in [3.05, 3.63) is 136 Å². The predicted molar refractivity (Wildman–Crippen MR) is 159 cm³/mol. The average Bonchev–Trinajstić information content (AvgIpc) is 3.59. The fourth-order valence-corrected chi connectivity index (χ4v) is 5.35. The third kappa shape index (κ3) is 5.26. The van der Waals surface area contributed by atoms with Gasteiger partial charge in [0.1, 0.15) is 10.4 Å². The number of benzene rings is 4. The molecule has 9 heteroatoms. The van der Waals surface area contributed by atoms with Crippen LogP contribution < -0.4 is 0 Å². The molecule has 0 amide bonds. The minimum Gasteiger partial charge on any atom is -0.477 e. The van der Waals surface area contributed by atoms with E-state index in [1.165, 1.54) is 12.1 Å². The highest BCUT2D eigenvalue weighted by Crippen LogP contribution is 2.39. The maximum Gasteiger partial charge on any atom is 0.342 e. The van der Waals surface area contributed by atoms with E-state index in [2.05, 4.69) is 4.98 Å². The van der Waals surface area contributed by atoms with E-state index in [0.29, 0.717) is 22.4 Å². The van der Waals surface area contributed by atoms with Crippen molar-refractivity contribution in [3.63, 3.8) is 0 Å². The Balaban J connectivity index is 1.57. The van der Waals surface area contributed by atoms with Crippen LogP contribution in [0.25, 0.3) is 45.4 Å². The summed E-state index contributed by atoms with van der Waals surface area (Å²) in [7, 11) is 0. The highest BCUT2D eigenvalue weighted by atomic mass is 32.2. The second-order valence-corrected chi connectivity index (χ2v) is 10.0. The number of hydrogen-bond donors (Lipinski definition) is 1. The number of carboxylic acids is 1. The van der Waals surface area contributed by atoms with Gasteiger partial charge in [0.15, 0.2) is 5.58 Å². The maximum atomic E-state index is 12.5. The lowest BCUT2D eigenvalue weighted by molar-refractivity contribution is -0.384. The van der Waals surface area contributed by atoms with Crippen LogP contribution in [0.4, 0.5) is 5.69 Å². The van der Waals surface area contributed by atoms with Gasteiger partial charge >= 0.3 is 5.97 Å². The SMILES string of the molecule is O=C(O)/C(=C/c1cc(-c2ccccc2)n(-c2ccc([N+](=O)[O-])cc2)c1-c1ccccc1)Sc1nc2ccccc2o1. The molecule has 0 bridgehead atoms. The first-order valence-corrected chi connectivity index (χ1v) is 13.4. The number of non-ortho nitro benzene ring substituents is 1. The van der Waals surface area contributed by atoms with Crippen molar-refractivity contribution >= 4 is 40.6 Å². The van der Waals surface area contributed by atoms with E-state index in [1.54, 1.807) is 30.3 Å². The lowest BCUT2D eigenvalue weighted by Gasteiger charge is -2.15. The number of rotatable bonds is 8. The first-order valence-electron chi connectivity index (χ1n) is 12.6. The second-order valence-electron chi connectivity index (χ2n) is 9.04. The largest absolute Gasteiger partial charge is 0.477 e. The van der Waals surface area contributed by atoms with E-state index in [4.69, 9.17) is 4.42 Å². The number of aromatic nitrogens is 2. The summed E-state index contributed by atoms with van der Waals surface area (Å²) in [6.45, 7) is 0. The number of oxazole rings is 1. The molecule has 4 aromatic carbocycles. The van der Waals surface area contributed by atoms with Crippen molar-refractivity contribution in [1.29, 1.82) is 0 Å². The number of aliphatic carboxylic acids is 1. The fourth-order valence-electron chi connectivity index (χ4n) is 4.61. The third-order valence-corrected chi connectivity index (χ3v) is 7.30. The zero-order valence-electron chi connectivity index (χ0n) is 21.4. The number of nitrogens with zero attached hydrogens (tertiary/aromatic N) is 3. The maximum absolute atomic E-state index is 12.5. The second kappa shape index (κ2) is 11.0. The van der Waals surface area contributed by atoms with Crippen LogP contribution in [0, 0.1) is 10.1 Å². The van der Waals surface area contributed by atoms with Crippen molar-refractivity contribution in [2.24, 2.45) is 0 Å². The Bertz CT molecular complexity index is 1880. The van der Waals surface area contributed by atoms with E-state index in [0.717, 1.165) is 34.3 Å². The van der Waals surface area contributed by atoms with Crippen LogP contribution in [0.2, 0.25) is 0 Å². The average molecular weight is 560 g/mol. The minimum atomic E-state index is -1.12. The molecule has 200 valence electrons. The normalized spacial score (nSPS) is 11.6. The molecule has 0 aliphatic carbocycles. The smallest absolute Gasteiger partial charge is 0.342 e. The van der Waals surface area contributed by atoms with Gasteiger partial charge in [-0.2, -0.15) is 0 Å². The quantitative estimate of drug-likeness (QED) is 0.0868. The summed E-state index contributed by atoms with van der Waals surface area (Å²) < 4.78 is 7.78. The Morgan fingerprint density at radius 1 is 0.878 bits per heavy atom. The van der Waals surface area contributed by atoms with Gasteiger partial charge in [-0.15, -0.1) is 0 Å². The van der Waals surface area contributed by atoms with Crippen LogP contribution >= 0.6 is 11.8 Å². The summed E-state index contributed by atoms with van der Waals surface area (Å²) in [6.07, 6.45) is 1.61. The van der Waals surface area contributed by atoms with Gasteiger partial charge in [0.05, 0.1) is 16.3 Å². The third-order valence-electron chi connectivity index (χ3n) is 6.43. The van der Waals surface area contributed by atoms with Gasteiger partial charge < -0.3 is 14.1 Å². The van der Waals surface area contributed by atoms with Gasteiger partial charge in [-0.25, -0.2) is 9.78 Å². The highest BCUT2D eigenvalue weighted by Gasteiger charge is 2.22. The van der Waals surface area contributed by atoms with Crippen molar-refractivity contribution in [1.82, 2.24) is 9.55 Å². The van der Waals surface area contributed by atoms with E-state index in [1.807, 2.05) is 83.4 Å². The summed E-state index contributed by atoms with van der Waals surface area (Å²) in [5.74, 6) is -1.12. The standard InChI is InChI=1S/C32H21N3O5S/c36-31(37)29(41-32-33-26-13-7-8-14-28(26)40-32)20-23-19-27(21-9-3-1-4-10-21)34(30(23)22-11-5-2-6-12-22)24-15-17-25(18-16-24)35(38)39/h1-20H,(H,36,37)/b29-20-. The number of carboxylic acid groups (broad SMARTS) is 1. The van der Waals surface area contributed by atoms with Gasteiger partial charge in [-0.05, 0) is 59.3 Å². The van der Waals surface area contributed by atoms with Gasteiger partial charge in [0.2, 0.25) is 0 Å². The first kappa shape index (κ1) is 25.8. The van der Waals surface area contributed by atoms with E-state index in [9.17, 15) is 20.0 Å². The molecule has 0 fully saturated rings. The molecule has 6 rings (SSSR count). The molecular formula is C32H21N3O5S. The minimum absolute atomic E-state index is 0.0218. The van der Waals surface area contributed by atoms with E-state index < -0.39 is 10.9 Å². The van der Waals surface area contributed by atoms with Gasteiger partial charge in [-0.1, -0.05) is 72.8 Å². The summed E-state index contributed by atoms with van der Waals surface area (Å²) in [6, 6.07) is 34.8. The zero-order valence-corrected chi connectivity index (χ0v) is 22.2. The predicted octanol–water partition coefficient (Wildman–Crippen LogP) is 8.08. The van der Waals surface area contributed by atoms with Crippen molar-refractivity contribution in [2.45, 2.75) is 5.22 Å². The Labute approximate surface area is 238 Å². The number of fused-ring (bicyclic) bond motifs is 1. The van der Waals surface area contributed by atoms with E-state index in [-0.39, 0.29) is 15.8 Å². The summed E-state index contributed by atoms with van der Waals surface area (Å²) in [5.41, 5.74) is 5.79. The van der Waals surface area contributed by atoms with Gasteiger partial charge in [-0.3, -0.25) is 10.1 Å². The molecule has 0 aliphatic rings. The molecule has 1 N–H and O–H groups in total. The number of para-hydroxylation sites is 2. The Kier molecular flexibility index (Phi) is 6.93. The summed E-state index contributed by atoms with van der Waals surface area (Å²) in [5, 5.41) is 21.8. The number of carbonyl (C=O) groups is 1. The van der Waals surface area contributed by atoms with Crippen LogP contribution in [0.5, 0.6) is 0 Å². The molecule has 0 saturated heterocycles. The molecule has 2 aromatic heterocycles. The van der Waals surface area contributed by atoms with E-state index >= 15 is 0 Å². The number of nitro benzene ring substituents is 1. The molecule has 0 atom stereocenters. The first-order chi connectivity index (χ1) is 20.0. The molecule has 0 unspecified atom stereocenters. The Morgan fingerprint density at radius 2 is 1.51 bits per heavy atom. The van der Waals surface area contributed by atoms with Gasteiger partial charge in [0, 0.05) is 23.4 Å². The molecule has 0 saturated carbocycles. The van der Waals surface area contributed by atoms with Crippen LogP contribution in [0.3, 0.4) is 0 Å². The van der Waals surface area contributed by atoms with Crippen molar-refractivity contribution < 1.29 is 19.2 Å². The van der Waals surface area contributed by atoms with Crippen LogP contribution in [0.15, 0.2) is 130 Å². The molecule has 0 spiro atoms. The molecule has 8 nitrogen and oxygen atoms in total. The number of nitro groups is 1. The monoisotopic (exact) mass is 559 g/mol. The summed E-state index contributed by atoms with van der Waals surface area (Å²) >= 11 is 0.933. The Hall–Kier alpha value is -5.41. The summed E-state index contributed by atoms with van der Waals surface area (Å²) in [4.78, 5) is 27.8. The zero-order chi connectivity index (χ0) is 28.3.